The highest BCUT2D eigenvalue weighted by atomic mass is 16.5. The third kappa shape index (κ3) is 3.38. The van der Waals surface area contributed by atoms with E-state index < -0.39 is 0 Å². The summed E-state index contributed by atoms with van der Waals surface area (Å²) in [4.78, 5) is 7.07. The number of aliphatic hydroxyl groups is 1. The number of aromatic nitrogens is 1. The Morgan fingerprint density at radius 2 is 2.14 bits per heavy atom. The monoisotopic (exact) mass is 290 g/mol. The molecule has 0 aromatic carbocycles. The van der Waals surface area contributed by atoms with Crippen LogP contribution in [0.15, 0.2) is 18.2 Å². The van der Waals surface area contributed by atoms with Crippen molar-refractivity contribution in [3.05, 3.63) is 23.9 Å². The summed E-state index contributed by atoms with van der Waals surface area (Å²) in [5.74, 6) is 1.14. The van der Waals surface area contributed by atoms with Crippen molar-refractivity contribution < 1.29 is 9.84 Å². The van der Waals surface area contributed by atoms with Crippen LogP contribution in [0.3, 0.4) is 0 Å². The van der Waals surface area contributed by atoms with E-state index in [0.717, 1.165) is 25.2 Å². The number of rotatable bonds is 4. The highest BCUT2D eigenvalue weighted by molar-refractivity contribution is 5.15. The zero-order valence-corrected chi connectivity index (χ0v) is 12.9. The van der Waals surface area contributed by atoms with Crippen molar-refractivity contribution >= 4 is 0 Å². The molecule has 1 saturated heterocycles. The van der Waals surface area contributed by atoms with E-state index in [0.29, 0.717) is 17.8 Å². The van der Waals surface area contributed by atoms with Gasteiger partial charge in [0.25, 0.3) is 0 Å². The molecular formula is C17H26N2O2. The first kappa shape index (κ1) is 14.8. The fraction of sp³-hybridized carbons (Fsp3) is 0.706. The van der Waals surface area contributed by atoms with Crippen LogP contribution in [0.2, 0.25) is 0 Å². The Labute approximate surface area is 127 Å². The average Bonchev–Trinajstić information content (AvgIpc) is 2.94. The Bertz CT molecular complexity index is 466. The molecule has 1 saturated carbocycles. The molecule has 1 aromatic rings. The molecule has 116 valence electrons. The van der Waals surface area contributed by atoms with Crippen molar-refractivity contribution in [3.63, 3.8) is 0 Å². The highest BCUT2D eigenvalue weighted by Gasteiger charge is 2.36. The third-order valence-corrected chi connectivity index (χ3v) is 5.05. The second-order valence-electron chi connectivity index (χ2n) is 6.37. The molecule has 3 rings (SSSR count). The number of aliphatic hydroxyl groups excluding tert-OH is 1. The molecule has 2 heterocycles. The van der Waals surface area contributed by atoms with Gasteiger partial charge in [0, 0.05) is 24.6 Å². The first-order valence-electron chi connectivity index (χ1n) is 8.20. The van der Waals surface area contributed by atoms with Crippen LogP contribution in [0.5, 0.6) is 5.88 Å². The van der Waals surface area contributed by atoms with Crippen molar-refractivity contribution in [1.29, 1.82) is 0 Å². The number of ether oxygens (including phenoxy) is 1. The van der Waals surface area contributed by atoms with E-state index in [4.69, 9.17) is 4.74 Å². The van der Waals surface area contributed by atoms with Crippen molar-refractivity contribution in [2.24, 2.45) is 5.92 Å². The molecule has 21 heavy (non-hydrogen) atoms. The number of nitrogens with zero attached hydrogens (tertiary/aromatic N) is 2. The SMILES string of the molecule is COc1cccc(CN2CCCCC2C2CCCC2O)n1. The quantitative estimate of drug-likeness (QED) is 0.926. The lowest BCUT2D eigenvalue weighted by molar-refractivity contribution is 0.0306. The van der Waals surface area contributed by atoms with E-state index in [-0.39, 0.29) is 6.10 Å². The molecule has 3 unspecified atom stereocenters. The predicted octanol–water partition coefficient (Wildman–Crippen LogP) is 2.61. The van der Waals surface area contributed by atoms with Gasteiger partial charge < -0.3 is 9.84 Å². The first-order chi connectivity index (χ1) is 10.3. The molecular weight excluding hydrogens is 264 g/mol. The van der Waals surface area contributed by atoms with E-state index in [1.807, 2.05) is 12.1 Å². The number of methoxy groups -OCH3 is 1. The molecule has 4 nitrogen and oxygen atoms in total. The minimum absolute atomic E-state index is 0.103. The van der Waals surface area contributed by atoms with Gasteiger partial charge in [-0.25, -0.2) is 4.98 Å². The fourth-order valence-corrected chi connectivity index (χ4v) is 3.98. The molecule has 1 N–H and O–H groups in total. The summed E-state index contributed by atoms with van der Waals surface area (Å²) in [5, 5.41) is 10.2. The van der Waals surface area contributed by atoms with Gasteiger partial charge in [0.1, 0.15) is 0 Å². The third-order valence-electron chi connectivity index (χ3n) is 5.05. The van der Waals surface area contributed by atoms with Crippen molar-refractivity contribution in [1.82, 2.24) is 9.88 Å². The lowest BCUT2D eigenvalue weighted by atomic mass is 9.87. The Morgan fingerprint density at radius 3 is 2.90 bits per heavy atom. The Hall–Kier alpha value is -1.13. The maximum Gasteiger partial charge on any atom is 0.213 e. The van der Waals surface area contributed by atoms with Crippen LogP contribution in [-0.2, 0) is 6.54 Å². The average molecular weight is 290 g/mol. The van der Waals surface area contributed by atoms with Crippen molar-refractivity contribution in [2.75, 3.05) is 13.7 Å². The molecule has 1 aliphatic heterocycles. The predicted molar refractivity (Wildman–Crippen MR) is 82.2 cm³/mol. The first-order valence-corrected chi connectivity index (χ1v) is 8.20. The zero-order chi connectivity index (χ0) is 14.7. The number of hydrogen-bond acceptors (Lipinski definition) is 4. The van der Waals surface area contributed by atoms with Crippen LogP contribution in [0.1, 0.15) is 44.2 Å². The number of likely N-dealkylation sites (tertiary alicyclic amines) is 1. The lowest BCUT2D eigenvalue weighted by Gasteiger charge is -2.40. The zero-order valence-electron chi connectivity index (χ0n) is 12.9. The molecule has 2 fully saturated rings. The van der Waals surface area contributed by atoms with Gasteiger partial charge in [-0.1, -0.05) is 18.9 Å². The van der Waals surface area contributed by atoms with Crippen LogP contribution < -0.4 is 4.74 Å². The number of pyridine rings is 1. The topological polar surface area (TPSA) is 45.6 Å². The van der Waals surface area contributed by atoms with E-state index in [1.165, 1.54) is 32.1 Å². The number of hydrogen-bond donors (Lipinski definition) is 1. The smallest absolute Gasteiger partial charge is 0.213 e. The summed E-state index contributed by atoms with van der Waals surface area (Å²) in [6.07, 6.45) is 6.98. The van der Waals surface area contributed by atoms with E-state index in [9.17, 15) is 5.11 Å². The largest absolute Gasteiger partial charge is 0.481 e. The van der Waals surface area contributed by atoms with Gasteiger partial charge in [0.05, 0.1) is 18.9 Å². The van der Waals surface area contributed by atoms with Crippen LogP contribution in [0, 0.1) is 5.92 Å². The van der Waals surface area contributed by atoms with Gasteiger partial charge in [-0.3, -0.25) is 4.90 Å². The normalized spacial score (nSPS) is 30.5. The molecule has 0 radical (unpaired) electrons. The van der Waals surface area contributed by atoms with E-state index in [1.54, 1.807) is 7.11 Å². The van der Waals surface area contributed by atoms with Crippen molar-refractivity contribution in [3.8, 4) is 5.88 Å². The van der Waals surface area contributed by atoms with Gasteiger partial charge in [-0.15, -0.1) is 0 Å². The number of piperidine rings is 1. The molecule has 1 aromatic heterocycles. The summed E-state index contributed by atoms with van der Waals surface area (Å²) >= 11 is 0. The maximum atomic E-state index is 10.2. The molecule has 0 amide bonds. The lowest BCUT2D eigenvalue weighted by Crippen LogP contribution is -2.45. The van der Waals surface area contributed by atoms with Crippen LogP contribution in [-0.4, -0.2) is 40.8 Å². The van der Waals surface area contributed by atoms with Gasteiger partial charge in [0.15, 0.2) is 0 Å². The maximum absolute atomic E-state index is 10.2. The van der Waals surface area contributed by atoms with Crippen LogP contribution in [0.4, 0.5) is 0 Å². The summed E-state index contributed by atoms with van der Waals surface area (Å²) in [6, 6.07) is 6.48. The van der Waals surface area contributed by atoms with E-state index >= 15 is 0 Å². The summed E-state index contributed by atoms with van der Waals surface area (Å²) < 4.78 is 5.22. The van der Waals surface area contributed by atoms with Crippen molar-refractivity contribution in [2.45, 2.75) is 57.2 Å². The van der Waals surface area contributed by atoms with Crippen LogP contribution in [0.25, 0.3) is 0 Å². The summed E-state index contributed by atoms with van der Waals surface area (Å²) in [7, 11) is 1.66. The molecule has 4 heteroatoms. The molecule has 3 atom stereocenters. The Balaban J connectivity index is 1.71. The summed E-state index contributed by atoms with van der Waals surface area (Å²) in [6.45, 7) is 1.98. The Kier molecular flexibility index (Phi) is 4.76. The Morgan fingerprint density at radius 1 is 1.24 bits per heavy atom. The molecule has 1 aliphatic carbocycles. The molecule has 2 aliphatic rings. The second-order valence-corrected chi connectivity index (χ2v) is 6.37. The van der Waals surface area contributed by atoms with E-state index in [2.05, 4.69) is 16.0 Å². The van der Waals surface area contributed by atoms with Gasteiger partial charge in [-0.2, -0.15) is 0 Å². The van der Waals surface area contributed by atoms with Crippen LogP contribution >= 0.6 is 0 Å². The minimum atomic E-state index is -0.103. The highest BCUT2D eigenvalue weighted by Crippen LogP contribution is 2.35. The minimum Gasteiger partial charge on any atom is -0.481 e. The second kappa shape index (κ2) is 6.75. The van der Waals surface area contributed by atoms with Gasteiger partial charge in [-0.05, 0) is 38.3 Å². The fourth-order valence-electron chi connectivity index (χ4n) is 3.98. The standard InChI is InChI=1S/C17H26N2O2/c1-21-17-10-4-6-13(18-17)12-19-11-3-2-8-15(19)14-7-5-9-16(14)20/h4,6,10,14-16,20H,2-3,5,7-9,11-12H2,1H3. The molecule has 0 bridgehead atoms. The molecule has 0 spiro atoms. The summed E-state index contributed by atoms with van der Waals surface area (Å²) in [5.41, 5.74) is 1.06. The van der Waals surface area contributed by atoms with Gasteiger partial charge in [0.2, 0.25) is 5.88 Å². The van der Waals surface area contributed by atoms with Gasteiger partial charge >= 0.3 is 0 Å².